The third-order valence-electron chi connectivity index (χ3n) is 4.08. The minimum absolute atomic E-state index is 0.0726. The average molecular weight is 377 g/mol. The molecule has 0 radical (unpaired) electrons. The highest BCUT2D eigenvalue weighted by atomic mass is 16.6. The van der Waals surface area contributed by atoms with Gasteiger partial charge < -0.3 is 25.4 Å². The Balaban J connectivity index is 1.88. The summed E-state index contributed by atoms with van der Waals surface area (Å²) in [5.74, 6) is -0.674. The van der Waals surface area contributed by atoms with Crippen LogP contribution < -0.4 is 16.0 Å². The van der Waals surface area contributed by atoms with Crippen molar-refractivity contribution in [2.24, 2.45) is 0 Å². The first-order valence-corrected chi connectivity index (χ1v) is 8.89. The van der Waals surface area contributed by atoms with E-state index in [1.807, 2.05) is 24.3 Å². The van der Waals surface area contributed by atoms with E-state index >= 15 is 0 Å². The molecule has 27 heavy (non-hydrogen) atoms. The minimum atomic E-state index is -1.05. The lowest BCUT2D eigenvalue weighted by atomic mass is 10.1. The molecule has 2 atom stereocenters. The first-order valence-electron chi connectivity index (χ1n) is 8.89. The monoisotopic (exact) mass is 377 g/mol. The Kier molecular flexibility index (Phi) is 6.65. The van der Waals surface area contributed by atoms with E-state index in [9.17, 15) is 14.4 Å². The quantitative estimate of drug-likeness (QED) is 0.681. The predicted octanol–water partition coefficient (Wildman–Crippen LogP) is 2.04. The molecule has 8 nitrogen and oxygen atoms in total. The van der Waals surface area contributed by atoms with Crippen molar-refractivity contribution in [1.29, 1.82) is 0 Å². The van der Waals surface area contributed by atoms with Crippen LogP contribution in [0.2, 0.25) is 0 Å². The molecular weight excluding hydrogens is 350 g/mol. The molecule has 0 heterocycles. The summed E-state index contributed by atoms with van der Waals surface area (Å²) in [7, 11) is 1.21. The molecule has 148 valence electrons. The molecule has 0 unspecified atom stereocenters. The van der Waals surface area contributed by atoms with E-state index in [2.05, 4.69) is 20.7 Å². The number of fused-ring (bicyclic) bond motifs is 1. The topological polar surface area (TPSA) is 106 Å². The van der Waals surface area contributed by atoms with E-state index in [1.54, 1.807) is 20.8 Å². The second kappa shape index (κ2) is 8.75. The average Bonchev–Trinajstić information content (AvgIpc) is 2.99. The fraction of sp³-hybridized carbons (Fsp3) is 0.526. The number of nitrogens with one attached hydrogen (secondary N) is 3. The van der Waals surface area contributed by atoms with Crippen molar-refractivity contribution < 1.29 is 23.9 Å². The molecule has 1 aromatic carbocycles. The van der Waals surface area contributed by atoms with Crippen LogP contribution in [0.15, 0.2) is 24.3 Å². The molecule has 2 rings (SSSR count). The summed E-state index contributed by atoms with van der Waals surface area (Å²) in [6.07, 6.45) is 0.972. The van der Waals surface area contributed by atoms with Crippen LogP contribution >= 0.6 is 0 Å². The van der Waals surface area contributed by atoms with Gasteiger partial charge >= 0.3 is 18.1 Å². The molecule has 0 saturated carbocycles. The van der Waals surface area contributed by atoms with Gasteiger partial charge in [-0.3, -0.25) is 0 Å². The number of carbonyl (C=O) groups excluding carboxylic acids is 3. The summed E-state index contributed by atoms with van der Waals surface area (Å²) in [5, 5.41) is 7.91. The second-order valence-corrected chi connectivity index (χ2v) is 7.37. The summed E-state index contributed by atoms with van der Waals surface area (Å²) in [5.41, 5.74) is 1.62. The zero-order chi connectivity index (χ0) is 20.0. The standard InChI is InChI=1S/C19H27N3O5/c1-19(2,3)27-18(25)22-15(16(23)26-4)11-20-17(24)21-14-10-9-12-7-5-6-8-13(12)14/h5-8,14-15H,9-11H2,1-4H3,(H,22,25)(H2,20,21,24)/t14-,15-/m0/s1. The van der Waals surface area contributed by atoms with Crippen molar-refractivity contribution in [2.45, 2.75) is 51.3 Å². The van der Waals surface area contributed by atoms with Gasteiger partial charge in [0.05, 0.1) is 19.7 Å². The van der Waals surface area contributed by atoms with Gasteiger partial charge in [-0.15, -0.1) is 0 Å². The van der Waals surface area contributed by atoms with Crippen LogP contribution in [0.1, 0.15) is 44.4 Å². The van der Waals surface area contributed by atoms with Gasteiger partial charge in [-0.2, -0.15) is 0 Å². The number of benzene rings is 1. The highest BCUT2D eigenvalue weighted by Crippen LogP contribution is 2.30. The molecule has 1 aromatic rings. The summed E-state index contributed by atoms with van der Waals surface area (Å²) in [6.45, 7) is 5.02. The SMILES string of the molecule is COC(=O)[C@H](CNC(=O)N[C@H]1CCc2ccccc21)NC(=O)OC(C)(C)C. The van der Waals surface area contributed by atoms with Crippen LogP contribution in [0.4, 0.5) is 9.59 Å². The molecule has 0 bridgehead atoms. The summed E-state index contributed by atoms with van der Waals surface area (Å²) >= 11 is 0. The van der Waals surface area contributed by atoms with Gasteiger partial charge in [-0.05, 0) is 44.7 Å². The van der Waals surface area contributed by atoms with Crippen LogP contribution in [0.5, 0.6) is 0 Å². The smallest absolute Gasteiger partial charge is 0.408 e. The zero-order valence-corrected chi connectivity index (χ0v) is 16.1. The fourth-order valence-corrected chi connectivity index (χ4v) is 2.90. The van der Waals surface area contributed by atoms with Gasteiger partial charge in [0, 0.05) is 0 Å². The zero-order valence-electron chi connectivity index (χ0n) is 16.1. The number of alkyl carbamates (subject to hydrolysis) is 1. The Morgan fingerprint density at radius 2 is 1.93 bits per heavy atom. The lowest BCUT2D eigenvalue weighted by Gasteiger charge is -2.23. The molecule has 0 spiro atoms. The maximum Gasteiger partial charge on any atom is 0.408 e. The lowest BCUT2D eigenvalue weighted by Crippen LogP contribution is -2.51. The number of ether oxygens (including phenoxy) is 2. The molecule has 1 aliphatic carbocycles. The molecular formula is C19H27N3O5. The summed E-state index contributed by atoms with van der Waals surface area (Å²) < 4.78 is 9.80. The van der Waals surface area contributed by atoms with Gasteiger partial charge in [0.25, 0.3) is 0 Å². The molecule has 3 amide bonds. The maximum absolute atomic E-state index is 12.2. The molecule has 0 fully saturated rings. The van der Waals surface area contributed by atoms with Crippen molar-refractivity contribution in [1.82, 2.24) is 16.0 Å². The Morgan fingerprint density at radius 3 is 2.59 bits per heavy atom. The number of rotatable bonds is 5. The van der Waals surface area contributed by atoms with E-state index in [0.29, 0.717) is 0 Å². The number of amides is 3. The third-order valence-corrected chi connectivity index (χ3v) is 4.08. The lowest BCUT2D eigenvalue weighted by molar-refractivity contribution is -0.142. The van der Waals surface area contributed by atoms with E-state index in [1.165, 1.54) is 12.7 Å². The van der Waals surface area contributed by atoms with Crippen molar-refractivity contribution in [3.8, 4) is 0 Å². The molecule has 1 aliphatic rings. The minimum Gasteiger partial charge on any atom is -0.467 e. The number of aryl methyl sites for hydroxylation is 1. The Hall–Kier alpha value is -2.77. The number of hydrogen-bond donors (Lipinski definition) is 3. The Bertz CT molecular complexity index is 699. The summed E-state index contributed by atoms with van der Waals surface area (Å²) in [4.78, 5) is 36.0. The molecule has 8 heteroatoms. The molecule has 0 aliphatic heterocycles. The highest BCUT2D eigenvalue weighted by Gasteiger charge is 2.27. The van der Waals surface area contributed by atoms with Crippen molar-refractivity contribution in [2.75, 3.05) is 13.7 Å². The van der Waals surface area contributed by atoms with Crippen LogP contribution in [-0.4, -0.2) is 43.4 Å². The first-order chi connectivity index (χ1) is 12.7. The van der Waals surface area contributed by atoms with Crippen molar-refractivity contribution >= 4 is 18.1 Å². The largest absolute Gasteiger partial charge is 0.467 e. The normalized spacial score (nSPS) is 16.7. The van der Waals surface area contributed by atoms with E-state index in [0.717, 1.165) is 18.4 Å². The second-order valence-electron chi connectivity index (χ2n) is 7.37. The molecule has 3 N–H and O–H groups in total. The van der Waals surface area contributed by atoms with Crippen molar-refractivity contribution in [3.05, 3.63) is 35.4 Å². The van der Waals surface area contributed by atoms with Gasteiger partial charge in [0.2, 0.25) is 0 Å². The number of hydrogen-bond acceptors (Lipinski definition) is 5. The van der Waals surface area contributed by atoms with Crippen LogP contribution in [0.25, 0.3) is 0 Å². The van der Waals surface area contributed by atoms with E-state index < -0.39 is 29.7 Å². The molecule has 0 saturated heterocycles. The number of methoxy groups -OCH3 is 1. The Labute approximate surface area is 159 Å². The maximum atomic E-state index is 12.2. The van der Waals surface area contributed by atoms with E-state index in [-0.39, 0.29) is 12.6 Å². The van der Waals surface area contributed by atoms with Gasteiger partial charge in [0.1, 0.15) is 11.6 Å². The van der Waals surface area contributed by atoms with Crippen LogP contribution in [0.3, 0.4) is 0 Å². The fourth-order valence-electron chi connectivity index (χ4n) is 2.90. The van der Waals surface area contributed by atoms with Crippen LogP contribution in [-0.2, 0) is 20.7 Å². The van der Waals surface area contributed by atoms with Gasteiger partial charge in [-0.1, -0.05) is 24.3 Å². The molecule has 0 aromatic heterocycles. The number of urea groups is 1. The number of carbonyl (C=O) groups is 3. The van der Waals surface area contributed by atoms with Gasteiger partial charge in [-0.25, -0.2) is 14.4 Å². The van der Waals surface area contributed by atoms with Crippen molar-refractivity contribution in [3.63, 3.8) is 0 Å². The summed E-state index contributed by atoms with van der Waals surface area (Å²) in [6, 6.07) is 6.42. The first kappa shape index (κ1) is 20.5. The van der Waals surface area contributed by atoms with Gasteiger partial charge in [0.15, 0.2) is 0 Å². The third kappa shape index (κ3) is 6.16. The Morgan fingerprint density at radius 1 is 1.22 bits per heavy atom. The van der Waals surface area contributed by atoms with E-state index in [4.69, 9.17) is 4.74 Å². The predicted molar refractivity (Wildman–Crippen MR) is 99.2 cm³/mol. The highest BCUT2D eigenvalue weighted by molar-refractivity contribution is 5.83. The van der Waals surface area contributed by atoms with Crippen LogP contribution in [0, 0.1) is 0 Å². The number of esters is 1.